The minimum atomic E-state index is 0.745. The number of rotatable bonds is 2. The highest BCUT2D eigenvalue weighted by Gasteiger charge is 1.94. The molecule has 1 aromatic carbocycles. The van der Waals surface area contributed by atoms with E-state index in [2.05, 4.69) is 19.6 Å². The Balaban J connectivity index is 3.04. The lowest BCUT2D eigenvalue weighted by Gasteiger charge is -2.02. The van der Waals surface area contributed by atoms with E-state index in [0.717, 1.165) is 16.8 Å². The van der Waals surface area contributed by atoms with Crippen molar-refractivity contribution >= 4 is 6.08 Å². The molecule has 68 valence electrons. The second-order valence-corrected chi connectivity index (χ2v) is 3.24. The second-order valence-electron chi connectivity index (χ2n) is 3.24. The summed E-state index contributed by atoms with van der Waals surface area (Å²) in [6, 6.07) is 8.14. The molecule has 0 unspecified atom stereocenters. The minimum Gasteiger partial charge on any atom is -0.399 e. The highest BCUT2D eigenvalue weighted by atomic mass is 14.6. The van der Waals surface area contributed by atoms with Crippen LogP contribution in [0.3, 0.4) is 0 Å². The Bertz CT molecular complexity index is 348. The van der Waals surface area contributed by atoms with Crippen LogP contribution in [0.25, 0.3) is 6.08 Å². The van der Waals surface area contributed by atoms with Crippen molar-refractivity contribution in [3.8, 4) is 0 Å². The molecule has 13 heavy (non-hydrogen) atoms. The molecule has 0 aliphatic carbocycles. The first-order chi connectivity index (χ1) is 6.11. The topological polar surface area (TPSA) is 26.0 Å². The molecule has 0 aliphatic rings. The van der Waals surface area contributed by atoms with E-state index in [1.807, 2.05) is 31.2 Å². The molecule has 0 radical (unpaired) electrons. The van der Waals surface area contributed by atoms with Gasteiger partial charge in [0.05, 0.1) is 0 Å². The lowest BCUT2D eigenvalue weighted by molar-refractivity contribution is 1.32. The molecule has 0 bridgehead atoms. The van der Waals surface area contributed by atoms with Crippen molar-refractivity contribution in [3.05, 3.63) is 53.2 Å². The molecule has 1 nitrogen and oxygen atoms in total. The van der Waals surface area contributed by atoms with Gasteiger partial charge in [-0.3, -0.25) is 0 Å². The summed E-state index contributed by atoms with van der Waals surface area (Å²) in [6.07, 6.45) is 1.96. The molecule has 1 rings (SSSR count). The Morgan fingerprint density at radius 1 is 1.38 bits per heavy atom. The molecule has 0 amide bonds. The largest absolute Gasteiger partial charge is 0.399 e. The van der Waals surface area contributed by atoms with Crippen molar-refractivity contribution in [1.29, 1.82) is 0 Å². The summed E-state index contributed by atoms with van der Waals surface area (Å²) in [5.41, 5.74) is 9.81. The molecule has 1 heteroatoms. The first-order valence-corrected chi connectivity index (χ1v) is 4.30. The number of allylic oxidation sites excluding steroid dienone is 1. The van der Waals surface area contributed by atoms with E-state index in [4.69, 9.17) is 5.73 Å². The molecular weight excluding hydrogens is 158 g/mol. The smallest absolute Gasteiger partial charge is 0.0343 e. The zero-order valence-corrected chi connectivity index (χ0v) is 8.17. The van der Waals surface area contributed by atoms with Gasteiger partial charge in [-0.15, -0.1) is 0 Å². The van der Waals surface area contributed by atoms with Crippen molar-refractivity contribution < 1.29 is 0 Å². The summed E-state index contributed by atoms with van der Waals surface area (Å²) in [4.78, 5) is 0. The third kappa shape index (κ3) is 2.48. The maximum absolute atomic E-state index is 5.78. The average molecular weight is 173 g/mol. The fraction of sp³-hybridized carbons (Fsp3) is 0.167. The van der Waals surface area contributed by atoms with Gasteiger partial charge < -0.3 is 5.73 Å². The quantitative estimate of drug-likeness (QED) is 0.684. The molecule has 0 saturated carbocycles. The van der Waals surface area contributed by atoms with Crippen LogP contribution in [0.5, 0.6) is 0 Å². The first-order valence-electron chi connectivity index (χ1n) is 4.30. The molecule has 0 fully saturated rings. The minimum absolute atomic E-state index is 0.745. The normalized spacial score (nSPS) is 11.4. The highest BCUT2D eigenvalue weighted by Crippen LogP contribution is 2.12. The van der Waals surface area contributed by atoms with Gasteiger partial charge in [0.15, 0.2) is 0 Å². The number of benzene rings is 1. The van der Waals surface area contributed by atoms with Gasteiger partial charge >= 0.3 is 0 Å². The second kappa shape index (κ2) is 3.94. The van der Waals surface area contributed by atoms with Crippen LogP contribution < -0.4 is 5.73 Å². The highest BCUT2D eigenvalue weighted by molar-refractivity contribution is 5.59. The van der Waals surface area contributed by atoms with Gasteiger partial charge in [0.1, 0.15) is 0 Å². The average Bonchev–Trinajstić information content (AvgIpc) is 2.08. The molecule has 2 N–H and O–H groups in total. The van der Waals surface area contributed by atoms with E-state index >= 15 is 0 Å². The summed E-state index contributed by atoms with van der Waals surface area (Å²) in [6.45, 7) is 7.76. The van der Waals surface area contributed by atoms with E-state index in [1.54, 1.807) is 0 Å². The van der Waals surface area contributed by atoms with E-state index < -0.39 is 0 Å². The molecule has 0 spiro atoms. The molecule has 1 aromatic rings. The monoisotopic (exact) mass is 173 g/mol. The first kappa shape index (κ1) is 9.59. The van der Waals surface area contributed by atoms with E-state index in [1.165, 1.54) is 5.56 Å². The number of hydrogen-bond acceptors (Lipinski definition) is 1. The number of aryl methyl sites for hydroxylation is 1. The summed E-state index contributed by atoms with van der Waals surface area (Å²) in [5.74, 6) is 0. The van der Waals surface area contributed by atoms with Crippen LogP contribution in [0.15, 0.2) is 42.1 Å². The molecular formula is C12H15N. The van der Waals surface area contributed by atoms with Gasteiger partial charge in [-0.05, 0) is 36.6 Å². The lowest BCUT2D eigenvalue weighted by atomic mass is 10.1. The Morgan fingerprint density at radius 3 is 2.54 bits per heavy atom. The van der Waals surface area contributed by atoms with Crippen LogP contribution in [0, 0.1) is 6.92 Å². The van der Waals surface area contributed by atoms with Gasteiger partial charge in [-0.25, -0.2) is 0 Å². The number of nitrogens with two attached hydrogens (primary N) is 1. The Morgan fingerprint density at radius 2 is 2.00 bits per heavy atom. The fourth-order valence-electron chi connectivity index (χ4n) is 1.04. The number of hydrogen-bond donors (Lipinski definition) is 1. The predicted molar refractivity (Wildman–Crippen MR) is 58.2 cm³/mol. The van der Waals surface area contributed by atoms with Gasteiger partial charge in [0.2, 0.25) is 0 Å². The van der Waals surface area contributed by atoms with Crippen molar-refractivity contribution in [3.63, 3.8) is 0 Å². The van der Waals surface area contributed by atoms with E-state index in [-0.39, 0.29) is 0 Å². The van der Waals surface area contributed by atoms with E-state index in [9.17, 15) is 0 Å². The van der Waals surface area contributed by atoms with Gasteiger partial charge in [-0.1, -0.05) is 30.8 Å². The third-order valence-electron chi connectivity index (χ3n) is 1.99. The van der Waals surface area contributed by atoms with Crippen molar-refractivity contribution in [2.75, 3.05) is 0 Å². The van der Waals surface area contributed by atoms with Crippen molar-refractivity contribution in [1.82, 2.24) is 0 Å². The zero-order valence-electron chi connectivity index (χ0n) is 8.17. The van der Waals surface area contributed by atoms with Gasteiger partial charge in [0, 0.05) is 5.70 Å². The van der Waals surface area contributed by atoms with Crippen LogP contribution in [0.4, 0.5) is 0 Å². The van der Waals surface area contributed by atoms with Crippen LogP contribution in [0.1, 0.15) is 18.1 Å². The van der Waals surface area contributed by atoms with Crippen LogP contribution in [-0.2, 0) is 0 Å². The van der Waals surface area contributed by atoms with Crippen molar-refractivity contribution in [2.45, 2.75) is 13.8 Å². The Kier molecular flexibility index (Phi) is 2.91. The lowest BCUT2D eigenvalue weighted by Crippen LogP contribution is -1.97. The maximum atomic E-state index is 5.78. The molecule has 0 saturated heterocycles. The van der Waals surface area contributed by atoms with Gasteiger partial charge in [0.25, 0.3) is 0 Å². The maximum Gasteiger partial charge on any atom is 0.0343 e. The molecule has 0 atom stereocenters. The van der Waals surface area contributed by atoms with Crippen molar-refractivity contribution in [2.24, 2.45) is 5.73 Å². The summed E-state index contributed by atoms with van der Waals surface area (Å²) < 4.78 is 0. The zero-order chi connectivity index (χ0) is 9.84. The SMILES string of the molecule is C=C(C)/C(N)=C/c1ccccc1C. The summed E-state index contributed by atoms with van der Waals surface area (Å²) in [5, 5.41) is 0. The van der Waals surface area contributed by atoms with Gasteiger partial charge in [-0.2, -0.15) is 0 Å². The third-order valence-corrected chi connectivity index (χ3v) is 1.99. The summed E-state index contributed by atoms with van der Waals surface area (Å²) in [7, 11) is 0. The van der Waals surface area contributed by atoms with Crippen LogP contribution in [-0.4, -0.2) is 0 Å². The standard InChI is InChI=1S/C12H15N/c1-9(2)12(13)8-11-7-5-4-6-10(11)3/h4-8H,1,13H2,2-3H3/b12-8-. The Labute approximate surface area is 79.6 Å². The van der Waals surface area contributed by atoms with Crippen LogP contribution in [0.2, 0.25) is 0 Å². The molecule has 0 aliphatic heterocycles. The van der Waals surface area contributed by atoms with Crippen LogP contribution >= 0.6 is 0 Å². The molecule has 0 heterocycles. The Hall–Kier alpha value is -1.50. The van der Waals surface area contributed by atoms with E-state index in [0.29, 0.717) is 0 Å². The fourth-order valence-corrected chi connectivity index (χ4v) is 1.04. The summed E-state index contributed by atoms with van der Waals surface area (Å²) >= 11 is 0. The molecule has 0 aromatic heterocycles. The predicted octanol–water partition coefficient (Wildman–Crippen LogP) is 2.87.